The summed E-state index contributed by atoms with van der Waals surface area (Å²) >= 11 is 0. The van der Waals surface area contributed by atoms with Crippen LogP contribution in [0.15, 0.2) is 12.3 Å². The number of hydrogen-bond donors (Lipinski definition) is 1. The van der Waals surface area contributed by atoms with Crippen molar-refractivity contribution in [1.29, 1.82) is 0 Å². The van der Waals surface area contributed by atoms with E-state index in [1.54, 1.807) is 12.3 Å². The molecule has 1 aromatic heterocycles. The smallest absolute Gasteiger partial charge is 0.250 e. The van der Waals surface area contributed by atoms with E-state index in [1.165, 1.54) is 25.7 Å². The van der Waals surface area contributed by atoms with Crippen LogP contribution in [0.25, 0.3) is 0 Å². The zero-order valence-electron chi connectivity index (χ0n) is 13.2. The van der Waals surface area contributed by atoms with Gasteiger partial charge in [-0.05, 0) is 44.2 Å². The Balaban J connectivity index is 1.96. The number of aromatic nitrogens is 1. The molecule has 118 valence electrons. The fourth-order valence-electron chi connectivity index (χ4n) is 2.69. The van der Waals surface area contributed by atoms with Gasteiger partial charge in [-0.3, -0.25) is 0 Å². The van der Waals surface area contributed by atoms with E-state index in [9.17, 15) is 4.39 Å². The van der Waals surface area contributed by atoms with Gasteiger partial charge in [0.2, 0.25) is 0 Å². The maximum Gasteiger partial charge on any atom is 0.250 e. The van der Waals surface area contributed by atoms with Crippen LogP contribution in [0, 0.1) is 11.7 Å². The van der Waals surface area contributed by atoms with Crippen LogP contribution >= 0.6 is 0 Å². The van der Waals surface area contributed by atoms with Crippen molar-refractivity contribution in [2.24, 2.45) is 5.92 Å². The summed E-state index contributed by atoms with van der Waals surface area (Å²) < 4.78 is 20.2. The molecule has 1 N–H and O–H groups in total. The number of ether oxygens (including phenoxy) is 1. The van der Waals surface area contributed by atoms with Crippen molar-refractivity contribution in [1.82, 2.24) is 10.3 Å². The second-order valence-corrected chi connectivity index (χ2v) is 6.35. The predicted molar refractivity (Wildman–Crippen MR) is 82.9 cm³/mol. The van der Waals surface area contributed by atoms with Gasteiger partial charge in [0.05, 0.1) is 0 Å². The topological polar surface area (TPSA) is 34.2 Å². The quantitative estimate of drug-likeness (QED) is 0.803. The molecule has 1 fully saturated rings. The molecule has 21 heavy (non-hydrogen) atoms. The van der Waals surface area contributed by atoms with Crippen LogP contribution in [0.4, 0.5) is 4.39 Å². The van der Waals surface area contributed by atoms with Crippen molar-refractivity contribution >= 4 is 0 Å². The van der Waals surface area contributed by atoms with Gasteiger partial charge in [0.25, 0.3) is 5.88 Å². The maximum absolute atomic E-state index is 14.4. The van der Waals surface area contributed by atoms with E-state index in [2.05, 4.69) is 24.1 Å². The normalized spacial score (nSPS) is 17.0. The van der Waals surface area contributed by atoms with Crippen LogP contribution in [0.3, 0.4) is 0 Å². The molecule has 0 spiro atoms. The number of pyridine rings is 1. The molecule has 1 heterocycles. The van der Waals surface area contributed by atoms with E-state index >= 15 is 0 Å². The highest BCUT2D eigenvalue weighted by Crippen LogP contribution is 2.24. The van der Waals surface area contributed by atoms with Crippen molar-refractivity contribution in [3.05, 3.63) is 23.6 Å². The summed E-state index contributed by atoms with van der Waals surface area (Å²) in [4.78, 5) is 4.08. The summed E-state index contributed by atoms with van der Waals surface area (Å²) in [6.45, 7) is 5.67. The SMILES string of the molecule is CC(C)CNCc1ccnc(OC2CCCCCC2)c1F. The molecule has 0 unspecified atom stereocenters. The number of nitrogens with one attached hydrogen (secondary N) is 1. The molecule has 1 aliphatic rings. The molecule has 0 radical (unpaired) electrons. The first-order chi connectivity index (χ1) is 10.2. The number of halogens is 1. The Morgan fingerprint density at radius 3 is 2.67 bits per heavy atom. The molecular weight excluding hydrogens is 267 g/mol. The Hall–Kier alpha value is -1.16. The van der Waals surface area contributed by atoms with E-state index < -0.39 is 0 Å². The molecule has 1 aromatic rings. The first kappa shape index (κ1) is 16.2. The second kappa shape index (κ2) is 8.32. The summed E-state index contributed by atoms with van der Waals surface area (Å²) in [6.07, 6.45) is 8.64. The van der Waals surface area contributed by atoms with Crippen LogP contribution in [0.1, 0.15) is 57.9 Å². The standard InChI is InChI=1S/C17H27FN2O/c1-13(2)11-19-12-14-9-10-20-17(16(14)18)21-15-7-5-3-4-6-8-15/h9-10,13,15,19H,3-8,11-12H2,1-2H3. The number of nitrogens with zero attached hydrogens (tertiary/aromatic N) is 1. The lowest BCUT2D eigenvalue weighted by molar-refractivity contribution is 0.167. The van der Waals surface area contributed by atoms with Crippen LogP contribution in [0.2, 0.25) is 0 Å². The first-order valence-electron chi connectivity index (χ1n) is 8.17. The minimum absolute atomic E-state index is 0.119. The lowest BCUT2D eigenvalue weighted by atomic mass is 10.1. The third-order valence-electron chi connectivity index (χ3n) is 3.89. The van der Waals surface area contributed by atoms with Crippen LogP contribution in [-0.2, 0) is 6.54 Å². The monoisotopic (exact) mass is 294 g/mol. The highest BCUT2D eigenvalue weighted by Gasteiger charge is 2.18. The molecule has 3 nitrogen and oxygen atoms in total. The molecule has 0 amide bonds. The summed E-state index contributed by atoms with van der Waals surface area (Å²) in [6, 6.07) is 1.72. The third kappa shape index (κ3) is 5.27. The van der Waals surface area contributed by atoms with E-state index in [-0.39, 0.29) is 17.8 Å². The molecule has 0 bridgehead atoms. The van der Waals surface area contributed by atoms with Crippen LogP contribution in [-0.4, -0.2) is 17.6 Å². The van der Waals surface area contributed by atoms with Crippen molar-refractivity contribution in [3.63, 3.8) is 0 Å². The van der Waals surface area contributed by atoms with Crippen molar-refractivity contribution in [2.75, 3.05) is 6.54 Å². The van der Waals surface area contributed by atoms with Crippen LogP contribution < -0.4 is 10.1 Å². The molecule has 1 aliphatic carbocycles. The Morgan fingerprint density at radius 1 is 1.29 bits per heavy atom. The average Bonchev–Trinajstić information content (AvgIpc) is 2.71. The molecule has 4 heteroatoms. The van der Waals surface area contributed by atoms with E-state index in [4.69, 9.17) is 4.74 Å². The van der Waals surface area contributed by atoms with Gasteiger partial charge in [-0.1, -0.05) is 26.7 Å². The van der Waals surface area contributed by atoms with E-state index in [1.807, 2.05) is 0 Å². The minimum atomic E-state index is -0.307. The van der Waals surface area contributed by atoms with Crippen molar-refractivity contribution in [2.45, 2.75) is 65.0 Å². The van der Waals surface area contributed by atoms with Gasteiger partial charge >= 0.3 is 0 Å². The van der Waals surface area contributed by atoms with Gasteiger partial charge in [0.15, 0.2) is 5.82 Å². The second-order valence-electron chi connectivity index (χ2n) is 6.35. The van der Waals surface area contributed by atoms with Crippen molar-refractivity contribution in [3.8, 4) is 5.88 Å². The van der Waals surface area contributed by atoms with Gasteiger partial charge in [0.1, 0.15) is 6.10 Å². The molecule has 0 aliphatic heterocycles. The summed E-state index contributed by atoms with van der Waals surface area (Å²) in [5, 5.41) is 3.26. The largest absolute Gasteiger partial charge is 0.472 e. The molecule has 0 saturated heterocycles. The maximum atomic E-state index is 14.4. The van der Waals surface area contributed by atoms with Crippen molar-refractivity contribution < 1.29 is 9.13 Å². The van der Waals surface area contributed by atoms with Gasteiger partial charge in [-0.15, -0.1) is 0 Å². The lowest BCUT2D eigenvalue weighted by Crippen LogP contribution is -2.21. The highest BCUT2D eigenvalue weighted by molar-refractivity contribution is 5.23. The highest BCUT2D eigenvalue weighted by atomic mass is 19.1. The van der Waals surface area contributed by atoms with Gasteiger partial charge in [-0.25, -0.2) is 9.37 Å². The van der Waals surface area contributed by atoms with E-state index in [0.29, 0.717) is 18.0 Å². The molecular formula is C17H27FN2O. The Labute approximate surface area is 127 Å². The Kier molecular flexibility index (Phi) is 6.43. The molecule has 1 saturated carbocycles. The Morgan fingerprint density at radius 2 is 2.00 bits per heavy atom. The number of rotatable bonds is 6. The van der Waals surface area contributed by atoms with Gasteiger partial charge in [0, 0.05) is 18.3 Å². The fraction of sp³-hybridized carbons (Fsp3) is 0.706. The number of hydrogen-bond acceptors (Lipinski definition) is 3. The summed E-state index contributed by atoms with van der Waals surface area (Å²) in [5.74, 6) is 0.417. The molecule has 0 atom stereocenters. The van der Waals surface area contributed by atoms with Crippen LogP contribution in [0.5, 0.6) is 5.88 Å². The minimum Gasteiger partial charge on any atom is -0.472 e. The summed E-state index contributed by atoms with van der Waals surface area (Å²) in [5.41, 5.74) is 0.634. The molecule has 0 aromatic carbocycles. The zero-order valence-corrected chi connectivity index (χ0v) is 13.2. The third-order valence-corrected chi connectivity index (χ3v) is 3.89. The average molecular weight is 294 g/mol. The molecule has 2 rings (SSSR count). The predicted octanol–water partition coefficient (Wildman–Crippen LogP) is 4.07. The summed E-state index contributed by atoms with van der Waals surface area (Å²) in [7, 11) is 0. The zero-order chi connectivity index (χ0) is 15.1. The Bertz CT molecular complexity index is 429. The van der Waals surface area contributed by atoms with E-state index in [0.717, 1.165) is 19.4 Å². The lowest BCUT2D eigenvalue weighted by Gasteiger charge is -2.17. The van der Waals surface area contributed by atoms with Gasteiger partial charge < -0.3 is 10.1 Å². The fourth-order valence-corrected chi connectivity index (χ4v) is 2.69. The first-order valence-corrected chi connectivity index (χ1v) is 8.17. The van der Waals surface area contributed by atoms with Gasteiger partial charge in [-0.2, -0.15) is 0 Å².